The molecule has 4 heteroatoms. The Morgan fingerprint density at radius 1 is 1.42 bits per heavy atom. The molecule has 0 unspecified atom stereocenters. The van der Waals surface area contributed by atoms with Crippen LogP contribution in [-0.4, -0.2) is 16.9 Å². The molecular formula is C8H10N4. The maximum Gasteiger partial charge on any atom is 0.122 e. The highest BCUT2D eigenvalue weighted by Crippen LogP contribution is 2.19. The van der Waals surface area contributed by atoms with Gasteiger partial charge in [-0.2, -0.15) is 0 Å². The summed E-state index contributed by atoms with van der Waals surface area (Å²) in [6.07, 6.45) is 5.08. The molecule has 0 fully saturated rings. The van der Waals surface area contributed by atoms with Crippen molar-refractivity contribution in [3.05, 3.63) is 30.1 Å². The lowest BCUT2D eigenvalue weighted by atomic mass is 10.2. The smallest absolute Gasteiger partial charge is 0.122 e. The van der Waals surface area contributed by atoms with Gasteiger partial charge in [0.2, 0.25) is 0 Å². The van der Waals surface area contributed by atoms with Crippen molar-refractivity contribution in [1.29, 1.82) is 0 Å². The molecular weight excluding hydrogens is 152 g/mol. The molecule has 0 radical (unpaired) electrons. The van der Waals surface area contributed by atoms with Crippen molar-refractivity contribution in [2.24, 2.45) is 16.5 Å². The molecule has 1 aliphatic heterocycles. The minimum absolute atomic E-state index is 0.796. The number of H-pyrrole nitrogens is 1. The van der Waals surface area contributed by atoms with Gasteiger partial charge in [-0.15, -0.1) is 0 Å². The van der Waals surface area contributed by atoms with Crippen LogP contribution in [0.5, 0.6) is 0 Å². The average molecular weight is 162 g/mol. The molecule has 62 valence electrons. The van der Waals surface area contributed by atoms with Crippen molar-refractivity contribution in [2.75, 3.05) is 0 Å². The van der Waals surface area contributed by atoms with Gasteiger partial charge in [0, 0.05) is 12.4 Å². The van der Waals surface area contributed by atoms with Crippen molar-refractivity contribution in [1.82, 2.24) is 4.98 Å². The Bertz CT molecular complexity index is 332. The molecule has 2 heterocycles. The standard InChI is InChI=1S/C8H10N4/c9-8(10)4-7(12-5-8)6-2-1-3-11-6/h1-5,11H,9-10H2. The van der Waals surface area contributed by atoms with Crippen molar-refractivity contribution in [3.63, 3.8) is 0 Å². The topological polar surface area (TPSA) is 80.2 Å². The summed E-state index contributed by atoms with van der Waals surface area (Å²) in [6.45, 7) is 0. The van der Waals surface area contributed by atoms with Gasteiger partial charge in [-0.25, -0.2) is 0 Å². The zero-order valence-corrected chi connectivity index (χ0v) is 6.49. The molecule has 0 amide bonds. The third-order valence-electron chi connectivity index (χ3n) is 1.69. The SMILES string of the molecule is NC1(N)C=NC(c2ccc[nH]2)=C1. The van der Waals surface area contributed by atoms with E-state index in [1.165, 1.54) is 6.21 Å². The zero-order valence-electron chi connectivity index (χ0n) is 6.49. The molecule has 1 aliphatic rings. The molecule has 0 saturated carbocycles. The molecule has 0 aliphatic carbocycles. The Balaban J connectivity index is 2.36. The number of nitrogens with zero attached hydrogens (tertiary/aromatic N) is 1. The van der Waals surface area contributed by atoms with Gasteiger partial charge in [0.05, 0.1) is 11.4 Å². The number of aromatic amines is 1. The Morgan fingerprint density at radius 3 is 2.75 bits per heavy atom. The summed E-state index contributed by atoms with van der Waals surface area (Å²) in [6, 6.07) is 3.82. The van der Waals surface area contributed by atoms with Gasteiger partial charge < -0.3 is 16.5 Å². The second kappa shape index (κ2) is 2.30. The first-order chi connectivity index (χ1) is 5.67. The fourth-order valence-electron chi connectivity index (χ4n) is 1.13. The van der Waals surface area contributed by atoms with Crippen LogP contribution in [0.15, 0.2) is 29.4 Å². The summed E-state index contributed by atoms with van der Waals surface area (Å²) in [4.78, 5) is 7.11. The number of hydrogen-bond acceptors (Lipinski definition) is 3. The van der Waals surface area contributed by atoms with Gasteiger partial charge in [0.15, 0.2) is 0 Å². The lowest BCUT2D eigenvalue weighted by Crippen LogP contribution is -2.47. The van der Waals surface area contributed by atoms with Crippen LogP contribution in [0, 0.1) is 0 Å². The second-order valence-electron chi connectivity index (χ2n) is 2.87. The predicted octanol–water partition coefficient (Wildman–Crippen LogP) is 0.0537. The van der Waals surface area contributed by atoms with Crippen molar-refractivity contribution >= 4 is 11.9 Å². The van der Waals surface area contributed by atoms with Gasteiger partial charge in [-0.05, 0) is 18.2 Å². The highest BCUT2D eigenvalue weighted by molar-refractivity contribution is 5.87. The maximum atomic E-state index is 5.61. The van der Waals surface area contributed by atoms with E-state index in [4.69, 9.17) is 11.5 Å². The lowest BCUT2D eigenvalue weighted by molar-refractivity contribution is 0.767. The van der Waals surface area contributed by atoms with Crippen molar-refractivity contribution < 1.29 is 0 Å². The minimum atomic E-state index is -0.888. The van der Waals surface area contributed by atoms with E-state index < -0.39 is 5.66 Å². The van der Waals surface area contributed by atoms with Crippen LogP contribution >= 0.6 is 0 Å². The molecule has 12 heavy (non-hydrogen) atoms. The van der Waals surface area contributed by atoms with E-state index >= 15 is 0 Å². The van der Waals surface area contributed by atoms with Crippen molar-refractivity contribution in [3.8, 4) is 0 Å². The summed E-state index contributed by atoms with van der Waals surface area (Å²) >= 11 is 0. The van der Waals surface area contributed by atoms with Crippen LogP contribution in [0.2, 0.25) is 0 Å². The Hall–Kier alpha value is -1.39. The number of rotatable bonds is 1. The molecule has 1 aromatic heterocycles. The normalized spacial score (nSPS) is 19.7. The van der Waals surface area contributed by atoms with Crippen LogP contribution < -0.4 is 11.5 Å². The van der Waals surface area contributed by atoms with Gasteiger partial charge >= 0.3 is 0 Å². The molecule has 2 rings (SSSR count). The zero-order chi connectivity index (χ0) is 8.60. The third kappa shape index (κ3) is 1.17. The summed E-state index contributed by atoms with van der Waals surface area (Å²) in [5.41, 5.74) is 12.1. The van der Waals surface area contributed by atoms with Gasteiger partial charge in [-0.1, -0.05) is 0 Å². The molecule has 0 spiro atoms. The Labute approximate surface area is 70.0 Å². The predicted molar refractivity (Wildman–Crippen MR) is 48.4 cm³/mol. The van der Waals surface area contributed by atoms with Gasteiger partial charge in [0.1, 0.15) is 5.66 Å². The summed E-state index contributed by atoms with van der Waals surface area (Å²) in [5, 5.41) is 0. The van der Waals surface area contributed by atoms with Crippen LogP contribution in [0.25, 0.3) is 5.70 Å². The maximum absolute atomic E-state index is 5.61. The first-order valence-electron chi connectivity index (χ1n) is 3.67. The van der Waals surface area contributed by atoms with Crippen LogP contribution in [0.3, 0.4) is 0 Å². The van der Waals surface area contributed by atoms with Gasteiger partial charge in [0.25, 0.3) is 0 Å². The number of nitrogens with one attached hydrogen (secondary N) is 1. The van der Waals surface area contributed by atoms with E-state index in [0.29, 0.717) is 0 Å². The average Bonchev–Trinajstić information content (AvgIpc) is 2.55. The molecule has 0 saturated heterocycles. The quantitative estimate of drug-likeness (QED) is 0.510. The largest absolute Gasteiger partial charge is 0.360 e. The van der Waals surface area contributed by atoms with Crippen LogP contribution in [0.1, 0.15) is 5.69 Å². The monoisotopic (exact) mass is 162 g/mol. The number of nitrogens with two attached hydrogens (primary N) is 2. The van der Waals surface area contributed by atoms with Crippen molar-refractivity contribution in [2.45, 2.75) is 5.66 Å². The number of hydrogen-bond donors (Lipinski definition) is 3. The van der Waals surface area contributed by atoms with E-state index in [9.17, 15) is 0 Å². The molecule has 4 nitrogen and oxygen atoms in total. The molecule has 0 atom stereocenters. The molecule has 5 N–H and O–H groups in total. The second-order valence-corrected chi connectivity index (χ2v) is 2.87. The van der Waals surface area contributed by atoms with Crippen LogP contribution in [-0.2, 0) is 0 Å². The fourth-order valence-corrected chi connectivity index (χ4v) is 1.13. The first-order valence-corrected chi connectivity index (χ1v) is 3.67. The van der Waals surface area contributed by atoms with E-state index in [1.54, 1.807) is 6.08 Å². The summed E-state index contributed by atoms with van der Waals surface area (Å²) in [7, 11) is 0. The molecule has 1 aromatic rings. The van der Waals surface area contributed by atoms with Gasteiger partial charge in [-0.3, -0.25) is 4.99 Å². The summed E-state index contributed by atoms with van der Waals surface area (Å²) < 4.78 is 0. The fraction of sp³-hybridized carbons (Fsp3) is 0.125. The first kappa shape index (κ1) is 7.27. The lowest BCUT2D eigenvalue weighted by Gasteiger charge is -2.07. The molecule has 0 bridgehead atoms. The van der Waals surface area contributed by atoms with Crippen LogP contribution in [0.4, 0.5) is 0 Å². The van der Waals surface area contributed by atoms with E-state index in [0.717, 1.165) is 11.4 Å². The minimum Gasteiger partial charge on any atom is -0.360 e. The highest BCUT2D eigenvalue weighted by Gasteiger charge is 2.20. The highest BCUT2D eigenvalue weighted by atomic mass is 15.0. The Kier molecular flexibility index (Phi) is 1.39. The summed E-state index contributed by atoms with van der Waals surface area (Å²) in [5.74, 6) is 0. The number of aromatic nitrogens is 1. The van der Waals surface area contributed by atoms with E-state index in [1.807, 2.05) is 18.3 Å². The van der Waals surface area contributed by atoms with E-state index in [2.05, 4.69) is 9.98 Å². The van der Waals surface area contributed by atoms with E-state index in [-0.39, 0.29) is 0 Å². The molecule has 0 aromatic carbocycles. The Morgan fingerprint density at radius 2 is 2.25 bits per heavy atom. The number of aliphatic imine (C=N–C) groups is 1. The third-order valence-corrected chi connectivity index (χ3v) is 1.69.